The van der Waals surface area contributed by atoms with Crippen molar-refractivity contribution >= 4 is 51.5 Å². The topological polar surface area (TPSA) is 44.7 Å². The molecular weight excluding hydrogens is 432 g/mol. The third-order valence-corrected chi connectivity index (χ3v) is 5.57. The lowest BCUT2D eigenvalue weighted by Crippen LogP contribution is -2.42. The van der Waals surface area contributed by atoms with E-state index in [0.717, 1.165) is 4.90 Å². The molecule has 29 heavy (non-hydrogen) atoms. The van der Waals surface area contributed by atoms with Gasteiger partial charge in [0.05, 0.1) is 21.3 Å². The molecule has 1 amide bonds. The minimum absolute atomic E-state index is 0.234. The highest BCUT2D eigenvalue weighted by molar-refractivity contribution is 8.14. The van der Waals surface area contributed by atoms with Crippen molar-refractivity contribution in [3.63, 3.8) is 0 Å². The Hall–Kier alpha value is -2.28. The monoisotopic (exact) mass is 449 g/mol. The van der Waals surface area contributed by atoms with Crippen LogP contribution in [0.2, 0.25) is 10.0 Å². The van der Waals surface area contributed by atoms with E-state index >= 15 is 0 Å². The molecule has 1 N–H and O–H groups in total. The fraction of sp³-hybridized carbons (Fsp3) is 0.143. The second kappa shape index (κ2) is 9.48. The summed E-state index contributed by atoms with van der Waals surface area (Å²) in [5.41, 5.74) is 1.48. The molecule has 0 aliphatic carbocycles. The molecule has 0 radical (unpaired) electrons. The molecule has 0 fully saturated rings. The summed E-state index contributed by atoms with van der Waals surface area (Å²) in [6.07, 6.45) is 3.62. The second-order valence-electron chi connectivity index (χ2n) is 5.75. The lowest BCUT2D eigenvalue weighted by molar-refractivity contribution is -0.116. The quantitative estimate of drug-likeness (QED) is 0.617. The maximum absolute atomic E-state index is 13.1. The maximum atomic E-state index is 13.1. The van der Waals surface area contributed by atoms with Crippen LogP contribution in [-0.4, -0.2) is 22.6 Å². The smallest absolute Gasteiger partial charge is 0.255 e. The molecular formula is C21H18Cl2FN3OS. The van der Waals surface area contributed by atoms with Crippen LogP contribution in [0.5, 0.6) is 0 Å². The number of carbonyl (C=O) groups is 1. The van der Waals surface area contributed by atoms with Gasteiger partial charge < -0.3 is 5.32 Å². The van der Waals surface area contributed by atoms with Gasteiger partial charge in [-0.25, -0.2) is 9.40 Å². The molecule has 0 saturated carbocycles. The number of carbonyl (C=O) groups excluding carboxylic acids is 1. The van der Waals surface area contributed by atoms with Crippen molar-refractivity contribution in [3.05, 3.63) is 81.7 Å². The largest absolute Gasteiger partial charge is 0.333 e. The summed E-state index contributed by atoms with van der Waals surface area (Å²) in [5.74, 6) is -0.545. The predicted molar refractivity (Wildman–Crippen MR) is 118 cm³/mol. The molecule has 4 rings (SSSR count). The van der Waals surface area contributed by atoms with Crippen molar-refractivity contribution in [1.29, 1.82) is 0 Å². The summed E-state index contributed by atoms with van der Waals surface area (Å²) < 4.78 is 13.1. The number of fused-ring (bicyclic) bond motifs is 1. The van der Waals surface area contributed by atoms with Crippen molar-refractivity contribution in [1.82, 2.24) is 10.3 Å². The molecule has 4 nitrogen and oxygen atoms in total. The van der Waals surface area contributed by atoms with Crippen molar-refractivity contribution < 1.29 is 9.18 Å². The first-order valence-electron chi connectivity index (χ1n) is 8.97. The van der Waals surface area contributed by atoms with Gasteiger partial charge in [0.25, 0.3) is 5.91 Å². The van der Waals surface area contributed by atoms with Gasteiger partial charge in [-0.2, -0.15) is 5.10 Å². The molecule has 2 aromatic carbocycles. The van der Waals surface area contributed by atoms with Crippen LogP contribution in [0.3, 0.4) is 0 Å². The number of thioether (sulfide) groups is 1. The molecule has 0 bridgehead atoms. The van der Waals surface area contributed by atoms with Crippen LogP contribution in [0.4, 0.5) is 4.39 Å². The highest BCUT2D eigenvalue weighted by atomic mass is 35.5. The van der Waals surface area contributed by atoms with Crippen LogP contribution in [0, 0.1) is 5.82 Å². The Morgan fingerprint density at radius 3 is 2.38 bits per heavy atom. The van der Waals surface area contributed by atoms with Gasteiger partial charge in [0, 0.05) is 10.5 Å². The number of hydrogen-bond donors (Lipinski definition) is 1. The molecule has 2 heterocycles. The molecule has 0 saturated heterocycles. The fourth-order valence-electron chi connectivity index (χ4n) is 2.78. The number of halogens is 3. The van der Waals surface area contributed by atoms with E-state index < -0.39 is 0 Å². The lowest BCUT2D eigenvalue weighted by atomic mass is 10.0. The van der Waals surface area contributed by atoms with E-state index in [2.05, 4.69) is 10.4 Å². The summed E-state index contributed by atoms with van der Waals surface area (Å²) in [6.45, 7) is 4.23. The summed E-state index contributed by atoms with van der Waals surface area (Å²) in [5, 5.41) is 10.5. The van der Waals surface area contributed by atoms with E-state index in [1.165, 1.54) is 23.9 Å². The number of nitrogens with one attached hydrogen (secondary N) is 1. The van der Waals surface area contributed by atoms with Crippen molar-refractivity contribution in [2.75, 3.05) is 6.67 Å². The number of amides is 1. The highest BCUT2D eigenvalue weighted by Gasteiger charge is 2.30. The average Bonchev–Trinajstić information content (AvgIpc) is 2.72. The van der Waals surface area contributed by atoms with Crippen molar-refractivity contribution in [2.24, 2.45) is 5.10 Å². The standard InChI is InChI=1S/C19H12Cl2FN3OS.C2H6/c20-13-2-1-3-14(21)17(13)18-15-8-9-16(24-25(15)10-23-19(18)26)27-12-6-4-11(22)5-7-12;1-2/h1-9H,10H2,(H,23,26);1-2H3. The van der Waals surface area contributed by atoms with Gasteiger partial charge in [-0.3, -0.25) is 4.79 Å². The van der Waals surface area contributed by atoms with Crippen LogP contribution in [0.25, 0.3) is 5.57 Å². The van der Waals surface area contributed by atoms with Gasteiger partial charge >= 0.3 is 0 Å². The third kappa shape index (κ3) is 4.66. The van der Waals surface area contributed by atoms with E-state index in [-0.39, 0.29) is 18.4 Å². The molecule has 2 aliphatic heterocycles. The number of hydrazone groups is 1. The average molecular weight is 450 g/mol. The Bertz CT molecular complexity index is 999. The fourth-order valence-corrected chi connectivity index (χ4v) is 4.16. The maximum Gasteiger partial charge on any atom is 0.255 e. The zero-order chi connectivity index (χ0) is 21.0. The van der Waals surface area contributed by atoms with E-state index in [0.29, 0.717) is 31.9 Å². The minimum atomic E-state index is -0.286. The zero-order valence-corrected chi connectivity index (χ0v) is 18.1. The van der Waals surface area contributed by atoms with Gasteiger partial charge in [0.1, 0.15) is 17.5 Å². The van der Waals surface area contributed by atoms with Gasteiger partial charge in [-0.05, 0) is 48.6 Å². The Morgan fingerprint density at radius 2 is 1.72 bits per heavy atom. The molecule has 0 spiro atoms. The Labute approximate surface area is 183 Å². The first-order chi connectivity index (χ1) is 14.0. The molecule has 150 valence electrons. The number of hydrogen-bond acceptors (Lipinski definition) is 4. The third-order valence-electron chi connectivity index (χ3n) is 4.00. The van der Waals surface area contributed by atoms with Crippen molar-refractivity contribution in [3.8, 4) is 0 Å². The first-order valence-corrected chi connectivity index (χ1v) is 10.5. The Balaban J connectivity index is 0.00000117. The van der Waals surface area contributed by atoms with Gasteiger partial charge in [-0.15, -0.1) is 0 Å². The summed E-state index contributed by atoms with van der Waals surface area (Å²) in [7, 11) is 0. The molecule has 0 aromatic heterocycles. The summed E-state index contributed by atoms with van der Waals surface area (Å²) >= 11 is 14.0. The number of benzene rings is 2. The summed E-state index contributed by atoms with van der Waals surface area (Å²) in [4.78, 5) is 13.4. The summed E-state index contributed by atoms with van der Waals surface area (Å²) in [6, 6.07) is 11.3. The Kier molecular flexibility index (Phi) is 7.00. The van der Waals surface area contributed by atoms with E-state index in [9.17, 15) is 9.18 Å². The highest BCUT2D eigenvalue weighted by Crippen LogP contribution is 2.37. The van der Waals surface area contributed by atoms with Crippen LogP contribution >= 0.6 is 35.0 Å². The van der Waals surface area contributed by atoms with E-state index in [1.54, 1.807) is 35.3 Å². The minimum Gasteiger partial charge on any atom is -0.333 e. The van der Waals surface area contributed by atoms with E-state index in [4.69, 9.17) is 23.2 Å². The lowest BCUT2D eigenvalue weighted by Gasteiger charge is -2.31. The predicted octanol–water partition coefficient (Wildman–Crippen LogP) is 5.93. The second-order valence-corrected chi connectivity index (χ2v) is 7.66. The Morgan fingerprint density at radius 1 is 1.07 bits per heavy atom. The number of nitrogens with zero attached hydrogens (tertiary/aromatic N) is 2. The van der Waals surface area contributed by atoms with Gasteiger partial charge in [-0.1, -0.05) is 54.9 Å². The SMILES string of the molecule is CC.O=C1NCN2N=C(Sc3ccc(F)cc3)C=CC2=C1c1c(Cl)cccc1Cl. The van der Waals surface area contributed by atoms with E-state index in [1.807, 2.05) is 26.0 Å². The molecule has 8 heteroatoms. The molecule has 2 aliphatic rings. The van der Waals surface area contributed by atoms with Gasteiger partial charge in [0.2, 0.25) is 0 Å². The molecule has 0 unspecified atom stereocenters. The van der Waals surface area contributed by atoms with Crippen molar-refractivity contribution in [2.45, 2.75) is 18.7 Å². The zero-order valence-electron chi connectivity index (χ0n) is 15.7. The van der Waals surface area contributed by atoms with Crippen LogP contribution in [0.15, 0.2) is 70.3 Å². The molecule has 2 aromatic rings. The first kappa shape index (κ1) is 21.4. The van der Waals surface area contributed by atoms with Gasteiger partial charge in [0.15, 0.2) is 0 Å². The molecule has 0 atom stereocenters. The number of allylic oxidation sites excluding steroid dienone is 1. The van der Waals surface area contributed by atoms with Crippen LogP contribution in [0.1, 0.15) is 19.4 Å². The van der Waals surface area contributed by atoms with Crippen LogP contribution in [-0.2, 0) is 4.79 Å². The van der Waals surface area contributed by atoms with Crippen LogP contribution < -0.4 is 5.32 Å². The number of rotatable bonds is 2. The normalized spacial score (nSPS) is 15.3.